The summed E-state index contributed by atoms with van der Waals surface area (Å²) in [4.78, 5) is 11.5. The maximum Gasteiger partial charge on any atom is 0.413 e. The van der Waals surface area contributed by atoms with Crippen molar-refractivity contribution in [1.29, 1.82) is 0 Å². The van der Waals surface area contributed by atoms with Crippen molar-refractivity contribution in [3.8, 4) is 0 Å². The van der Waals surface area contributed by atoms with Crippen LogP contribution < -0.4 is 5.73 Å². The first-order valence-corrected chi connectivity index (χ1v) is 5.53. The monoisotopic (exact) mass is 301 g/mol. The van der Waals surface area contributed by atoms with E-state index in [1.165, 1.54) is 10.8 Å². The Morgan fingerprint density at radius 1 is 1.47 bits per heavy atom. The summed E-state index contributed by atoms with van der Waals surface area (Å²) in [7, 11) is 0. The van der Waals surface area contributed by atoms with Crippen molar-refractivity contribution in [1.82, 2.24) is 0 Å². The van der Waals surface area contributed by atoms with Crippen LogP contribution >= 0.6 is 27.3 Å². The summed E-state index contributed by atoms with van der Waals surface area (Å²) >= 11 is 4.12. The Hall–Kier alpha value is -0.400. The van der Waals surface area contributed by atoms with Crippen LogP contribution in [0.3, 0.4) is 0 Å². The normalized spacial score (nSPS) is 16.1. The Morgan fingerprint density at radius 3 is 2.33 bits per heavy atom. The lowest BCUT2D eigenvalue weighted by molar-refractivity contribution is -0.165. The molecule has 0 aliphatic rings. The molecule has 1 unspecified atom stereocenters. The zero-order valence-corrected chi connectivity index (χ0v) is 9.96. The fraction of sp³-hybridized carbons (Fsp3) is 0.375. The summed E-state index contributed by atoms with van der Waals surface area (Å²) in [5.41, 5.74) is 2.12. The van der Waals surface area contributed by atoms with Gasteiger partial charge in [-0.1, -0.05) is 0 Å². The van der Waals surface area contributed by atoms with Gasteiger partial charge in [0, 0.05) is 20.8 Å². The molecule has 2 N–H and O–H groups in total. The minimum absolute atomic E-state index is 0.0395. The smallest absolute Gasteiger partial charge is 0.311 e. The van der Waals surface area contributed by atoms with Crippen LogP contribution in [0.15, 0.2) is 15.2 Å². The standard InChI is InChI=1S/C8H7BrF3NOS/c1-7(13,8(10,11)12)6(14)4-2-15-3-5(4)9/h2-3H,13H2,1H3. The van der Waals surface area contributed by atoms with Gasteiger partial charge in [-0.25, -0.2) is 0 Å². The first kappa shape index (κ1) is 12.7. The highest BCUT2D eigenvalue weighted by Crippen LogP contribution is 2.33. The molecule has 0 aromatic carbocycles. The molecule has 0 radical (unpaired) electrons. The van der Waals surface area contributed by atoms with Crippen LogP contribution in [0, 0.1) is 0 Å². The van der Waals surface area contributed by atoms with Gasteiger partial charge >= 0.3 is 6.18 Å². The van der Waals surface area contributed by atoms with Crippen molar-refractivity contribution in [2.24, 2.45) is 5.73 Å². The van der Waals surface area contributed by atoms with Gasteiger partial charge in [0.1, 0.15) is 0 Å². The minimum Gasteiger partial charge on any atom is -0.311 e. The lowest BCUT2D eigenvalue weighted by Gasteiger charge is -2.25. The van der Waals surface area contributed by atoms with Crippen molar-refractivity contribution in [3.05, 3.63) is 20.8 Å². The summed E-state index contributed by atoms with van der Waals surface area (Å²) in [6.45, 7) is 0.666. The number of ketones is 1. The predicted octanol–water partition coefficient (Wildman–Crippen LogP) is 2.97. The topological polar surface area (TPSA) is 43.1 Å². The fourth-order valence-electron chi connectivity index (χ4n) is 0.852. The maximum absolute atomic E-state index is 12.4. The first-order chi connectivity index (χ1) is 6.68. The van der Waals surface area contributed by atoms with E-state index in [9.17, 15) is 18.0 Å². The van der Waals surface area contributed by atoms with E-state index >= 15 is 0 Å². The zero-order chi connectivity index (χ0) is 11.9. The van der Waals surface area contributed by atoms with Gasteiger partial charge in [0.15, 0.2) is 11.3 Å². The molecule has 1 heterocycles. The van der Waals surface area contributed by atoms with E-state index in [4.69, 9.17) is 5.73 Å². The highest BCUT2D eigenvalue weighted by atomic mass is 79.9. The summed E-state index contributed by atoms with van der Waals surface area (Å²) in [5.74, 6) is -1.14. The van der Waals surface area contributed by atoms with Crippen LogP contribution in [-0.2, 0) is 0 Å². The highest BCUT2D eigenvalue weighted by Gasteiger charge is 2.54. The Balaban J connectivity index is 3.11. The van der Waals surface area contributed by atoms with Gasteiger partial charge in [-0.15, -0.1) is 0 Å². The van der Waals surface area contributed by atoms with E-state index in [1.807, 2.05) is 0 Å². The minimum atomic E-state index is -4.76. The van der Waals surface area contributed by atoms with Crippen molar-refractivity contribution < 1.29 is 18.0 Å². The molecule has 0 bridgehead atoms. The SMILES string of the molecule is CC(N)(C(=O)c1cscc1Br)C(F)(F)F. The number of carbonyl (C=O) groups excluding carboxylic acids is 1. The molecule has 0 aliphatic carbocycles. The average Bonchev–Trinajstić information content (AvgIpc) is 2.48. The number of nitrogens with two attached hydrogens (primary N) is 1. The van der Waals surface area contributed by atoms with Crippen molar-refractivity contribution >= 4 is 33.0 Å². The van der Waals surface area contributed by atoms with Crippen LogP contribution in [0.2, 0.25) is 0 Å². The number of alkyl halides is 3. The zero-order valence-electron chi connectivity index (χ0n) is 7.56. The van der Waals surface area contributed by atoms with Crippen LogP contribution in [0.1, 0.15) is 17.3 Å². The number of halogens is 4. The third-order valence-corrected chi connectivity index (χ3v) is 3.62. The van der Waals surface area contributed by atoms with Gasteiger partial charge in [0.25, 0.3) is 0 Å². The molecule has 0 aliphatic heterocycles. The van der Waals surface area contributed by atoms with Crippen molar-refractivity contribution in [2.45, 2.75) is 18.6 Å². The van der Waals surface area contributed by atoms with E-state index < -0.39 is 17.5 Å². The van der Waals surface area contributed by atoms with Crippen molar-refractivity contribution in [3.63, 3.8) is 0 Å². The third-order valence-electron chi connectivity index (χ3n) is 1.92. The molecule has 1 atom stereocenters. The Morgan fingerprint density at radius 2 is 2.00 bits per heavy atom. The molecular formula is C8H7BrF3NOS. The summed E-state index contributed by atoms with van der Waals surface area (Å²) in [6, 6.07) is 0. The molecule has 0 saturated carbocycles. The predicted molar refractivity (Wildman–Crippen MR) is 55.0 cm³/mol. The van der Waals surface area contributed by atoms with Crippen molar-refractivity contribution in [2.75, 3.05) is 0 Å². The summed E-state index contributed by atoms with van der Waals surface area (Å²) < 4.78 is 37.7. The molecule has 0 saturated heterocycles. The Bertz CT molecular complexity index is 385. The van der Waals surface area contributed by atoms with Crippen LogP contribution in [0.4, 0.5) is 13.2 Å². The number of hydrogen-bond acceptors (Lipinski definition) is 3. The molecule has 84 valence electrons. The second kappa shape index (κ2) is 3.88. The third kappa shape index (κ3) is 2.24. The number of Topliss-reactive ketones (excluding diaryl/α,β-unsaturated/α-hetero) is 1. The average molecular weight is 302 g/mol. The largest absolute Gasteiger partial charge is 0.413 e. The second-order valence-corrected chi connectivity index (χ2v) is 4.76. The van der Waals surface area contributed by atoms with E-state index in [0.717, 1.165) is 11.3 Å². The van der Waals surface area contributed by atoms with E-state index in [0.29, 0.717) is 11.4 Å². The van der Waals surface area contributed by atoms with Gasteiger partial charge < -0.3 is 5.73 Å². The Kier molecular flexibility index (Phi) is 3.27. The lowest BCUT2D eigenvalue weighted by atomic mass is 9.93. The van der Waals surface area contributed by atoms with Gasteiger partial charge in [0.05, 0.1) is 0 Å². The summed E-state index contributed by atoms with van der Waals surface area (Å²) in [5, 5.41) is 2.86. The van der Waals surface area contributed by atoms with E-state index in [-0.39, 0.29) is 5.56 Å². The van der Waals surface area contributed by atoms with E-state index in [2.05, 4.69) is 15.9 Å². The molecule has 2 nitrogen and oxygen atoms in total. The maximum atomic E-state index is 12.4. The highest BCUT2D eigenvalue weighted by molar-refractivity contribution is 9.10. The van der Waals surface area contributed by atoms with Gasteiger partial charge in [-0.2, -0.15) is 24.5 Å². The van der Waals surface area contributed by atoms with E-state index in [1.54, 1.807) is 0 Å². The van der Waals surface area contributed by atoms with Gasteiger partial charge in [-0.3, -0.25) is 4.79 Å². The number of thiophene rings is 1. The molecule has 7 heteroatoms. The number of carbonyl (C=O) groups is 1. The molecule has 1 aromatic rings. The van der Waals surface area contributed by atoms with Gasteiger partial charge in [-0.05, 0) is 22.9 Å². The first-order valence-electron chi connectivity index (χ1n) is 3.80. The van der Waals surface area contributed by atoms with Crippen LogP contribution in [0.25, 0.3) is 0 Å². The molecular weight excluding hydrogens is 295 g/mol. The fourth-order valence-corrected chi connectivity index (χ4v) is 2.31. The summed E-state index contributed by atoms with van der Waals surface area (Å²) in [6.07, 6.45) is -4.76. The molecule has 0 fully saturated rings. The lowest BCUT2D eigenvalue weighted by Crippen LogP contribution is -2.57. The molecule has 1 rings (SSSR count). The second-order valence-electron chi connectivity index (χ2n) is 3.16. The molecule has 0 spiro atoms. The van der Waals surface area contributed by atoms with Crippen LogP contribution in [0.5, 0.6) is 0 Å². The molecule has 1 aromatic heterocycles. The number of rotatable bonds is 2. The number of hydrogen-bond donors (Lipinski definition) is 1. The Labute approximate surface area is 96.4 Å². The molecule has 15 heavy (non-hydrogen) atoms. The van der Waals surface area contributed by atoms with Crippen LogP contribution in [-0.4, -0.2) is 17.5 Å². The van der Waals surface area contributed by atoms with Gasteiger partial charge in [0.2, 0.25) is 0 Å². The quantitative estimate of drug-likeness (QED) is 0.854. The molecule has 0 amide bonds.